The van der Waals surface area contributed by atoms with Crippen LogP contribution < -0.4 is 14.8 Å². The summed E-state index contributed by atoms with van der Waals surface area (Å²) in [4.78, 5) is 17.4. The van der Waals surface area contributed by atoms with Crippen LogP contribution >= 0.6 is 11.3 Å². The molecular weight excluding hydrogens is 466 g/mol. The van der Waals surface area contributed by atoms with Gasteiger partial charge in [-0.25, -0.2) is 13.4 Å². The van der Waals surface area contributed by atoms with Gasteiger partial charge in [0.2, 0.25) is 10.0 Å². The number of carbonyl (C=O) groups excluding carboxylic acids is 1. The molecule has 9 nitrogen and oxygen atoms in total. The van der Waals surface area contributed by atoms with E-state index in [1.165, 1.54) is 27.8 Å². The Morgan fingerprint density at radius 2 is 1.79 bits per heavy atom. The zero-order valence-electron chi connectivity index (χ0n) is 18.1. The Labute approximate surface area is 195 Å². The molecule has 1 amide bonds. The summed E-state index contributed by atoms with van der Waals surface area (Å²) in [5.74, 6) is 0.841. The van der Waals surface area contributed by atoms with E-state index in [0.29, 0.717) is 35.4 Å². The summed E-state index contributed by atoms with van der Waals surface area (Å²) < 4.78 is 45.4. The van der Waals surface area contributed by atoms with Crippen LogP contribution in [0.25, 0.3) is 10.2 Å². The van der Waals surface area contributed by atoms with E-state index in [1.54, 1.807) is 18.2 Å². The third kappa shape index (κ3) is 4.41. The lowest BCUT2D eigenvalue weighted by atomic mass is 10.2. The zero-order chi connectivity index (χ0) is 23.2. The Kier molecular flexibility index (Phi) is 5.73. The van der Waals surface area contributed by atoms with E-state index in [0.717, 1.165) is 4.70 Å². The van der Waals surface area contributed by atoms with Gasteiger partial charge >= 0.3 is 0 Å². The van der Waals surface area contributed by atoms with E-state index in [-0.39, 0.29) is 35.8 Å². The van der Waals surface area contributed by atoms with Crippen LogP contribution in [0.5, 0.6) is 11.5 Å². The Morgan fingerprint density at radius 1 is 1.09 bits per heavy atom. The van der Waals surface area contributed by atoms with Crippen molar-refractivity contribution in [2.24, 2.45) is 0 Å². The monoisotopic (exact) mass is 489 g/mol. The number of nitrogens with zero attached hydrogens (tertiary/aromatic N) is 2. The normalized spacial score (nSPS) is 21.2. The van der Waals surface area contributed by atoms with Gasteiger partial charge in [-0.3, -0.25) is 10.1 Å². The van der Waals surface area contributed by atoms with E-state index in [9.17, 15) is 13.2 Å². The van der Waals surface area contributed by atoms with Crippen molar-refractivity contribution < 1.29 is 27.4 Å². The highest BCUT2D eigenvalue weighted by Crippen LogP contribution is 2.38. The summed E-state index contributed by atoms with van der Waals surface area (Å²) in [6.45, 7) is 5.19. The number of sulfonamides is 1. The number of aromatic nitrogens is 1. The number of amides is 1. The van der Waals surface area contributed by atoms with E-state index in [4.69, 9.17) is 14.2 Å². The van der Waals surface area contributed by atoms with Gasteiger partial charge in [0.1, 0.15) is 13.2 Å². The number of thiazole rings is 1. The van der Waals surface area contributed by atoms with E-state index >= 15 is 0 Å². The van der Waals surface area contributed by atoms with E-state index < -0.39 is 15.9 Å². The largest absolute Gasteiger partial charge is 0.486 e. The summed E-state index contributed by atoms with van der Waals surface area (Å²) in [7, 11) is -3.75. The first-order valence-electron chi connectivity index (χ1n) is 10.6. The molecule has 2 aromatic carbocycles. The fraction of sp³-hybridized carbons (Fsp3) is 0.364. The molecule has 1 saturated heterocycles. The number of rotatable bonds is 4. The molecule has 2 aliphatic rings. The summed E-state index contributed by atoms with van der Waals surface area (Å²) in [6.07, 6.45) is -0.397. The molecule has 1 fully saturated rings. The Bertz CT molecular complexity index is 1270. The van der Waals surface area contributed by atoms with Gasteiger partial charge in [0.25, 0.3) is 5.91 Å². The SMILES string of the molecule is CC1CN(S(=O)(=O)c2cccc(C(=O)Nc3nc4cc5c(cc4s3)OCCO5)c2)CC(C)O1. The van der Waals surface area contributed by atoms with Gasteiger partial charge in [-0.05, 0) is 32.0 Å². The fourth-order valence-corrected chi connectivity index (χ4v) is 6.47. The van der Waals surface area contributed by atoms with Crippen LogP contribution in [0.3, 0.4) is 0 Å². The molecule has 0 spiro atoms. The number of hydrogen-bond donors (Lipinski definition) is 1. The van der Waals surface area contributed by atoms with Gasteiger partial charge in [-0.1, -0.05) is 17.4 Å². The molecule has 1 aromatic heterocycles. The standard InChI is InChI=1S/C22H23N3O6S2/c1-13-11-25(12-14(2)31-13)33(27,28)16-5-3-4-15(8-16)21(26)24-22-23-17-9-18-19(10-20(17)32-22)30-7-6-29-18/h3-5,8-10,13-14H,6-7,11-12H2,1-2H3,(H,23,24,26). The topological polar surface area (TPSA) is 107 Å². The lowest BCUT2D eigenvalue weighted by Crippen LogP contribution is -2.48. The maximum absolute atomic E-state index is 13.2. The molecule has 3 aromatic rings. The van der Waals surface area contributed by atoms with Crippen molar-refractivity contribution >= 4 is 42.6 Å². The molecule has 2 unspecified atom stereocenters. The smallest absolute Gasteiger partial charge is 0.257 e. The number of morpholine rings is 1. The Morgan fingerprint density at radius 3 is 2.52 bits per heavy atom. The molecule has 33 heavy (non-hydrogen) atoms. The molecule has 0 saturated carbocycles. The van der Waals surface area contributed by atoms with Gasteiger partial charge in [-0.2, -0.15) is 4.31 Å². The van der Waals surface area contributed by atoms with Gasteiger partial charge in [0.05, 0.1) is 27.3 Å². The number of hydrogen-bond acceptors (Lipinski definition) is 8. The second-order valence-electron chi connectivity index (χ2n) is 8.04. The van der Waals surface area contributed by atoms with Crippen molar-refractivity contribution in [1.82, 2.24) is 9.29 Å². The lowest BCUT2D eigenvalue weighted by molar-refractivity contribution is -0.0440. The van der Waals surface area contributed by atoms with E-state index in [2.05, 4.69) is 10.3 Å². The highest BCUT2D eigenvalue weighted by molar-refractivity contribution is 7.89. The number of ether oxygens (including phenoxy) is 3. The van der Waals surface area contributed by atoms with Crippen molar-refractivity contribution in [2.75, 3.05) is 31.6 Å². The molecule has 0 radical (unpaired) electrons. The Balaban J connectivity index is 1.37. The second-order valence-corrected chi connectivity index (χ2v) is 11.0. The molecule has 0 bridgehead atoms. The predicted octanol–water partition coefficient (Wildman–Crippen LogP) is 3.12. The number of carbonyl (C=O) groups is 1. The molecule has 11 heteroatoms. The number of nitrogens with one attached hydrogen (secondary N) is 1. The van der Waals surface area contributed by atoms with Crippen LogP contribution in [-0.4, -0.2) is 62.1 Å². The highest BCUT2D eigenvalue weighted by atomic mass is 32.2. The molecule has 174 valence electrons. The summed E-state index contributed by atoms with van der Waals surface area (Å²) in [6, 6.07) is 9.66. The van der Waals surface area contributed by atoms with Gasteiger partial charge in [0.15, 0.2) is 16.6 Å². The minimum atomic E-state index is -3.75. The average molecular weight is 490 g/mol. The minimum absolute atomic E-state index is 0.0720. The lowest BCUT2D eigenvalue weighted by Gasteiger charge is -2.34. The second kappa shape index (κ2) is 8.56. The van der Waals surface area contributed by atoms with E-state index in [1.807, 2.05) is 19.9 Å². The molecule has 2 aliphatic heterocycles. The molecular formula is C22H23N3O6S2. The molecule has 0 aliphatic carbocycles. The molecule has 5 rings (SSSR count). The maximum Gasteiger partial charge on any atom is 0.257 e. The van der Waals surface area contributed by atoms with Crippen LogP contribution in [0, 0.1) is 0 Å². The van der Waals surface area contributed by atoms with Crippen LogP contribution in [0.15, 0.2) is 41.3 Å². The number of anilines is 1. The highest BCUT2D eigenvalue weighted by Gasteiger charge is 2.32. The van der Waals surface area contributed by atoms with Crippen molar-refractivity contribution in [3.8, 4) is 11.5 Å². The fourth-order valence-electron chi connectivity index (χ4n) is 3.96. The van der Waals surface area contributed by atoms with Gasteiger partial charge < -0.3 is 14.2 Å². The van der Waals surface area contributed by atoms with Gasteiger partial charge in [-0.15, -0.1) is 0 Å². The molecule has 1 N–H and O–H groups in total. The first kappa shape index (κ1) is 22.1. The van der Waals surface area contributed by atoms with Crippen molar-refractivity contribution in [1.29, 1.82) is 0 Å². The van der Waals surface area contributed by atoms with Crippen molar-refractivity contribution in [2.45, 2.75) is 31.0 Å². The quantitative estimate of drug-likeness (QED) is 0.600. The summed E-state index contributed by atoms with van der Waals surface area (Å²) >= 11 is 1.31. The van der Waals surface area contributed by atoms with Crippen LogP contribution in [0.2, 0.25) is 0 Å². The zero-order valence-corrected chi connectivity index (χ0v) is 19.7. The van der Waals surface area contributed by atoms with Crippen molar-refractivity contribution in [3.63, 3.8) is 0 Å². The first-order valence-corrected chi connectivity index (χ1v) is 12.8. The third-order valence-electron chi connectivity index (χ3n) is 5.39. The third-order valence-corrected chi connectivity index (χ3v) is 8.15. The molecule has 2 atom stereocenters. The summed E-state index contributed by atoms with van der Waals surface area (Å²) in [5.41, 5.74) is 0.919. The molecule has 3 heterocycles. The van der Waals surface area contributed by atoms with Crippen molar-refractivity contribution in [3.05, 3.63) is 42.0 Å². The average Bonchev–Trinajstić information content (AvgIpc) is 3.17. The summed E-state index contributed by atoms with van der Waals surface area (Å²) in [5, 5.41) is 3.17. The number of benzene rings is 2. The van der Waals surface area contributed by atoms with Crippen LogP contribution in [0.4, 0.5) is 5.13 Å². The Hall–Kier alpha value is -2.73. The minimum Gasteiger partial charge on any atom is -0.486 e. The first-order chi connectivity index (χ1) is 15.8. The van der Waals surface area contributed by atoms with Crippen LogP contribution in [0.1, 0.15) is 24.2 Å². The van der Waals surface area contributed by atoms with Gasteiger partial charge in [0, 0.05) is 30.8 Å². The predicted molar refractivity (Wildman–Crippen MR) is 124 cm³/mol. The van der Waals surface area contributed by atoms with Crippen LogP contribution in [-0.2, 0) is 14.8 Å². The maximum atomic E-state index is 13.2. The number of fused-ring (bicyclic) bond motifs is 2.